The van der Waals surface area contributed by atoms with Gasteiger partial charge in [-0.15, -0.1) is 0 Å². The molecule has 0 N–H and O–H groups in total. The Hall–Kier alpha value is -2.88. The van der Waals surface area contributed by atoms with Crippen LogP contribution in [0.25, 0.3) is 6.08 Å². The Morgan fingerprint density at radius 2 is 1.48 bits per heavy atom. The van der Waals surface area contributed by atoms with Crippen molar-refractivity contribution < 1.29 is 13.2 Å². The summed E-state index contributed by atoms with van der Waals surface area (Å²) in [4.78, 5) is 13.8. The van der Waals surface area contributed by atoms with Crippen LogP contribution in [-0.4, -0.2) is 49.7 Å². The smallest absolute Gasteiger partial charge is 0.298 e. The van der Waals surface area contributed by atoms with Crippen LogP contribution in [0, 0.1) is 11.8 Å². The zero-order valence-electron chi connectivity index (χ0n) is 14.8. The fourth-order valence-corrected chi connectivity index (χ4v) is 3.86. The van der Waals surface area contributed by atoms with Gasteiger partial charge in [0.25, 0.3) is 5.91 Å². The number of rotatable bonds is 3. The van der Waals surface area contributed by atoms with Crippen molar-refractivity contribution in [3.05, 3.63) is 77.2 Å². The van der Waals surface area contributed by atoms with Gasteiger partial charge in [0.15, 0.2) is 0 Å². The predicted molar refractivity (Wildman–Crippen MR) is 106 cm³/mol. The summed E-state index contributed by atoms with van der Waals surface area (Å²) in [5.74, 6) is 5.18. The molecule has 0 unspecified atom stereocenters. The first-order valence-corrected chi connectivity index (χ1v) is 10.1. The van der Waals surface area contributed by atoms with E-state index in [0.717, 1.165) is 11.1 Å². The van der Waals surface area contributed by atoms with Crippen molar-refractivity contribution >= 4 is 22.0 Å². The predicted octanol–water partition coefficient (Wildman–Crippen LogP) is 2.18. The third kappa shape index (κ3) is 5.30. The summed E-state index contributed by atoms with van der Waals surface area (Å²) < 4.78 is 26.3. The van der Waals surface area contributed by atoms with E-state index < -0.39 is 10.0 Å². The quantitative estimate of drug-likeness (QED) is 0.767. The molecule has 1 saturated heterocycles. The SMILES string of the molecule is O=C(C#Cc1ccccc1)N1CCN(S(=O)(=O)C=Cc2ccccc2)CC1. The summed E-state index contributed by atoms with van der Waals surface area (Å²) >= 11 is 0. The highest BCUT2D eigenvalue weighted by molar-refractivity contribution is 7.92. The molecule has 0 spiro atoms. The van der Waals surface area contributed by atoms with E-state index in [9.17, 15) is 13.2 Å². The first-order chi connectivity index (χ1) is 13.0. The zero-order chi connectivity index (χ0) is 19.1. The van der Waals surface area contributed by atoms with Crippen molar-refractivity contribution in [3.8, 4) is 11.8 Å². The normalized spacial score (nSPS) is 15.3. The van der Waals surface area contributed by atoms with Gasteiger partial charge in [-0.2, -0.15) is 4.31 Å². The minimum atomic E-state index is -3.51. The topological polar surface area (TPSA) is 57.7 Å². The molecule has 27 heavy (non-hydrogen) atoms. The highest BCUT2D eigenvalue weighted by atomic mass is 32.2. The minimum absolute atomic E-state index is 0.264. The molecule has 2 aromatic rings. The van der Waals surface area contributed by atoms with E-state index >= 15 is 0 Å². The highest BCUT2D eigenvalue weighted by Crippen LogP contribution is 2.11. The van der Waals surface area contributed by atoms with E-state index in [2.05, 4.69) is 11.8 Å². The van der Waals surface area contributed by atoms with Gasteiger partial charge < -0.3 is 4.90 Å². The van der Waals surface area contributed by atoms with Crippen LogP contribution < -0.4 is 0 Å². The lowest BCUT2D eigenvalue weighted by Gasteiger charge is -2.32. The van der Waals surface area contributed by atoms with Crippen molar-refractivity contribution in [2.45, 2.75) is 0 Å². The van der Waals surface area contributed by atoms with Gasteiger partial charge in [0.2, 0.25) is 10.0 Å². The maximum atomic E-state index is 12.5. The average molecular weight is 380 g/mol. The summed E-state index contributed by atoms with van der Waals surface area (Å²) in [6.07, 6.45) is 1.58. The number of hydrogen-bond donors (Lipinski definition) is 0. The average Bonchev–Trinajstić information content (AvgIpc) is 2.72. The molecule has 0 aliphatic carbocycles. The molecule has 0 bridgehead atoms. The number of carbonyl (C=O) groups excluding carboxylic acids is 1. The van der Waals surface area contributed by atoms with Crippen LogP contribution in [-0.2, 0) is 14.8 Å². The summed E-state index contributed by atoms with van der Waals surface area (Å²) in [7, 11) is -3.51. The van der Waals surface area contributed by atoms with Gasteiger partial charge in [-0.05, 0) is 23.8 Å². The fraction of sp³-hybridized carbons (Fsp3) is 0.190. The van der Waals surface area contributed by atoms with Crippen LogP contribution >= 0.6 is 0 Å². The largest absolute Gasteiger partial charge is 0.329 e. The molecule has 0 radical (unpaired) electrons. The van der Waals surface area contributed by atoms with E-state index in [1.165, 1.54) is 9.71 Å². The molecule has 3 rings (SSSR count). The molecule has 0 aromatic heterocycles. The number of piperazine rings is 1. The van der Waals surface area contributed by atoms with Crippen LogP contribution in [0.4, 0.5) is 0 Å². The van der Waals surface area contributed by atoms with Gasteiger partial charge in [-0.1, -0.05) is 54.5 Å². The lowest BCUT2D eigenvalue weighted by Crippen LogP contribution is -2.49. The molecule has 6 heteroatoms. The van der Waals surface area contributed by atoms with Crippen molar-refractivity contribution in [2.75, 3.05) is 26.2 Å². The molecule has 1 fully saturated rings. The second-order valence-corrected chi connectivity index (χ2v) is 7.88. The number of hydrogen-bond acceptors (Lipinski definition) is 3. The van der Waals surface area contributed by atoms with Crippen LogP contribution in [0.15, 0.2) is 66.1 Å². The number of benzene rings is 2. The number of nitrogens with zero attached hydrogens (tertiary/aromatic N) is 2. The molecular formula is C21H20N2O3S. The Balaban J connectivity index is 1.57. The maximum absolute atomic E-state index is 12.5. The van der Waals surface area contributed by atoms with E-state index in [4.69, 9.17) is 0 Å². The maximum Gasteiger partial charge on any atom is 0.298 e. The Labute approximate surface area is 160 Å². The van der Waals surface area contributed by atoms with Crippen molar-refractivity contribution in [1.82, 2.24) is 9.21 Å². The van der Waals surface area contributed by atoms with Crippen LogP contribution in [0.1, 0.15) is 11.1 Å². The van der Waals surface area contributed by atoms with Gasteiger partial charge in [-0.25, -0.2) is 8.42 Å². The first kappa shape index (κ1) is 18.9. The van der Waals surface area contributed by atoms with Gasteiger partial charge in [0.05, 0.1) is 0 Å². The number of carbonyl (C=O) groups is 1. The third-order valence-electron chi connectivity index (χ3n) is 4.21. The first-order valence-electron chi connectivity index (χ1n) is 8.64. The molecule has 5 nitrogen and oxygen atoms in total. The van der Waals surface area contributed by atoms with E-state index in [0.29, 0.717) is 13.1 Å². The van der Waals surface area contributed by atoms with Gasteiger partial charge in [0, 0.05) is 43.1 Å². The molecule has 1 heterocycles. The van der Waals surface area contributed by atoms with Crippen molar-refractivity contribution in [1.29, 1.82) is 0 Å². The van der Waals surface area contributed by atoms with E-state index in [1.54, 1.807) is 11.0 Å². The Morgan fingerprint density at radius 3 is 2.11 bits per heavy atom. The lowest BCUT2D eigenvalue weighted by atomic mass is 10.2. The molecule has 1 aliphatic rings. The summed E-state index contributed by atoms with van der Waals surface area (Å²) in [5, 5.41) is 1.22. The zero-order valence-corrected chi connectivity index (χ0v) is 15.6. The summed E-state index contributed by atoms with van der Waals surface area (Å²) in [6, 6.07) is 18.6. The summed E-state index contributed by atoms with van der Waals surface area (Å²) in [6.45, 7) is 1.20. The summed E-state index contributed by atoms with van der Waals surface area (Å²) in [5.41, 5.74) is 1.60. The molecule has 0 saturated carbocycles. The Morgan fingerprint density at radius 1 is 0.889 bits per heavy atom. The van der Waals surface area contributed by atoms with E-state index in [-0.39, 0.29) is 19.0 Å². The minimum Gasteiger partial charge on any atom is -0.329 e. The monoisotopic (exact) mass is 380 g/mol. The third-order valence-corrected chi connectivity index (χ3v) is 5.77. The molecular weight excluding hydrogens is 360 g/mol. The van der Waals surface area contributed by atoms with Crippen LogP contribution in [0.2, 0.25) is 0 Å². The lowest BCUT2D eigenvalue weighted by molar-refractivity contribution is -0.126. The van der Waals surface area contributed by atoms with Crippen molar-refractivity contribution in [3.63, 3.8) is 0 Å². The van der Waals surface area contributed by atoms with Crippen molar-refractivity contribution in [2.24, 2.45) is 0 Å². The van der Waals surface area contributed by atoms with Gasteiger partial charge in [-0.3, -0.25) is 4.79 Å². The van der Waals surface area contributed by atoms with Crippen LogP contribution in [0.3, 0.4) is 0 Å². The number of amides is 1. The molecule has 138 valence electrons. The number of sulfonamides is 1. The molecule has 0 atom stereocenters. The van der Waals surface area contributed by atoms with Gasteiger partial charge >= 0.3 is 0 Å². The molecule has 1 aliphatic heterocycles. The second kappa shape index (κ2) is 8.67. The second-order valence-electron chi connectivity index (χ2n) is 6.07. The Bertz CT molecular complexity index is 966. The standard InChI is InChI=1S/C21H20N2O3S/c24-21(12-11-19-7-3-1-4-8-19)22-14-16-23(17-15-22)27(25,26)18-13-20-9-5-2-6-10-20/h1-10,13,18H,14-17H2. The van der Waals surface area contributed by atoms with Gasteiger partial charge in [0.1, 0.15) is 0 Å². The van der Waals surface area contributed by atoms with E-state index in [1.807, 2.05) is 60.7 Å². The molecule has 1 amide bonds. The highest BCUT2D eigenvalue weighted by Gasteiger charge is 2.26. The molecule has 2 aromatic carbocycles. The van der Waals surface area contributed by atoms with Crippen LogP contribution in [0.5, 0.6) is 0 Å². The fourth-order valence-electron chi connectivity index (χ4n) is 2.69. The Kier molecular flexibility index (Phi) is 6.07.